The molecule has 1 saturated carbocycles. The molecule has 0 atom stereocenters. The van der Waals surface area contributed by atoms with Crippen molar-refractivity contribution < 1.29 is 9.47 Å². The maximum atomic E-state index is 5.29. The topological polar surface area (TPSA) is 30.5 Å². The fraction of sp³-hybridized carbons (Fsp3) is 0.600. The van der Waals surface area contributed by atoms with Gasteiger partial charge >= 0.3 is 0 Å². The molecule has 1 N–H and O–H groups in total. The Kier molecular flexibility index (Phi) is 4.12. The lowest BCUT2D eigenvalue weighted by molar-refractivity contribution is 0.360. The summed E-state index contributed by atoms with van der Waals surface area (Å²) in [4.78, 5) is 0. The third-order valence-electron chi connectivity index (χ3n) is 3.84. The number of ether oxygens (including phenoxy) is 2. The van der Waals surface area contributed by atoms with Crippen LogP contribution >= 0.6 is 0 Å². The summed E-state index contributed by atoms with van der Waals surface area (Å²) in [5, 5.41) is 3.67. The van der Waals surface area contributed by atoms with E-state index >= 15 is 0 Å². The van der Waals surface area contributed by atoms with E-state index in [4.69, 9.17) is 9.47 Å². The van der Waals surface area contributed by atoms with Gasteiger partial charge in [0.05, 0.1) is 14.2 Å². The van der Waals surface area contributed by atoms with Gasteiger partial charge in [0.2, 0.25) is 0 Å². The molecule has 18 heavy (non-hydrogen) atoms. The fourth-order valence-corrected chi connectivity index (χ4v) is 2.62. The minimum Gasteiger partial charge on any atom is -0.497 e. The largest absolute Gasteiger partial charge is 0.497 e. The summed E-state index contributed by atoms with van der Waals surface area (Å²) >= 11 is 0. The molecule has 1 aliphatic carbocycles. The Morgan fingerprint density at radius 3 is 2.11 bits per heavy atom. The zero-order valence-electron chi connectivity index (χ0n) is 11.6. The third kappa shape index (κ3) is 3.16. The Balaban J connectivity index is 2.04. The van der Waals surface area contributed by atoms with Crippen LogP contribution in [0.15, 0.2) is 18.2 Å². The van der Waals surface area contributed by atoms with Crippen LogP contribution in [-0.4, -0.2) is 19.8 Å². The van der Waals surface area contributed by atoms with Gasteiger partial charge < -0.3 is 14.8 Å². The van der Waals surface area contributed by atoms with Crippen molar-refractivity contribution in [1.29, 1.82) is 0 Å². The van der Waals surface area contributed by atoms with Gasteiger partial charge in [-0.2, -0.15) is 0 Å². The van der Waals surface area contributed by atoms with Crippen LogP contribution < -0.4 is 14.8 Å². The van der Waals surface area contributed by atoms with Gasteiger partial charge in [-0.1, -0.05) is 12.8 Å². The summed E-state index contributed by atoms with van der Waals surface area (Å²) in [5.41, 5.74) is 1.51. The van der Waals surface area contributed by atoms with E-state index < -0.39 is 0 Å². The van der Waals surface area contributed by atoms with E-state index in [0.717, 1.165) is 18.0 Å². The van der Waals surface area contributed by atoms with E-state index in [2.05, 4.69) is 24.4 Å². The molecular formula is C15H23NO2. The van der Waals surface area contributed by atoms with Crippen molar-refractivity contribution in [3.8, 4) is 11.5 Å². The molecule has 0 amide bonds. The van der Waals surface area contributed by atoms with Gasteiger partial charge in [-0.3, -0.25) is 0 Å². The molecule has 1 fully saturated rings. The van der Waals surface area contributed by atoms with Crippen LogP contribution in [-0.2, 0) is 6.54 Å². The first-order valence-corrected chi connectivity index (χ1v) is 6.62. The Labute approximate surface area is 109 Å². The standard InChI is InChI=1S/C15H23NO2/c1-15(6-4-5-7-15)16-11-12-8-13(17-2)10-14(9-12)18-3/h8-10,16H,4-7,11H2,1-3H3. The van der Waals surface area contributed by atoms with Gasteiger partial charge in [0, 0.05) is 18.2 Å². The van der Waals surface area contributed by atoms with E-state index in [1.165, 1.54) is 31.2 Å². The number of hydrogen-bond donors (Lipinski definition) is 1. The van der Waals surface area contributed by atoms with Gasteiger partial charge in [-0.25, -0.2) is 0 Å². The normalized spacial score (nSPS) is 17.7. The van der Waals surface area contributed by atoms with E-state index in [1.54, 1.807) is 14.2 Å². The predicted octanol–water partition coefficient (Wildman–Crippen LogP) is 3.13. The molecule has 0 unspecified atom stereocenters. The van der Waals surface area contributed by atoms with Crippen molar-refractivity contribution in [3.63, 3.8) is 0 Å². The molecule has 0 aromatic heterocycles. The Bertz CT molecular complexity index is 375. The number of methoxy groups -OCH3 is 2. The van der Waals surface area contributed by atoms with Crippen molar-refractivity contribution in [3.05, 3.63) is 23.8 Å². The molecule has 100 valence electrons. The maximum Gasteiger partial charge on any atom is 0.122 e. The number of hydrogen-bond acceptors (Lipinski definition) is 3. The molecule has 0 heterocycles. The zero-order valence-corrected chi connectivity index (χ0v) is 11.6. The minimum absolute atomic E-state index is 0.302. The molecule has 0 spiro atoms. The summed E-state index contributed by atoms with van der Waals surface area (Å²) < 4.78 is 10.6. The van der Waals surface area contributed by atoms with Crippen LogP contribution in [0.4, 0.5) is 0 Å². The van der Waals surface area contributed by atoms with Crippen LogP contribution in [0.2, 0.25) is 0 Å². The van der Waals surface area contributed by atoms with Crippen LogP contribution in [0, 0.1) is 0 Å². The zero-order chi connectivity index (χ0) is 13.0. The number of benzene rings is 1. The van der Waals surface area contributed by atoms with Crippen molar-refractivity contribution in [2.75, 3.05) is 14.2 Å². The second-order valence-electron chi connectivity index (χ2n) is 5.34. The van der Waals surface area contributed by atoms with Crippen LogP contribution in [0.5, 0.6) is 11.5 Å². The van der Waals surface area contributed by atoms with Crippen LogP contribution in [0.1, 0.15) is 38.2 Å². The molecule has 3 nitrogen and oxygen atoms in total. The highest BCUT2D eigenvalue weighted by molar-refractivity contribution is 5.38. The van der Waals surface area contributed by atoms with E-state index in [0.29, 0.717) is 5.54 Å². The average molecular weight is 249 g/mol. The van der Waals surface area contributed by atoms with Crippen molar-refractivity contribution >= 4 is 0 Å². The molecule has 0 saturated heterocycles. The maximum absolute atomic E-state index is 5.29. The highest BCUT2D eigenvalue weighted by atomic mass is 16.5. The summed E-state index contributed by atoms with van der Waals surface area (Å²) in [5.74, 6) is 1.70. The first-order chi connectivity index (χ1) is 8.65. The first kappa shape index (κ1) is 13.2. The molecule has 0 bridgehead atoms. The molecular weight excluding hydrogens is 226 g/mol. The summed E-state index contributed by atoms with van der Waals surface area (Å²) in [6.45, 7) is 3.18. The second kappa shape index (κ2) is 5.61. The summed E-state index contributed by atoms with van der Waals surface area (Å²) in [6.07, 6.45) is 5.22. The first-order valence-electron chi connectivity index (χ1n) is 6.62. The monoisotopic (exact) mass is 249 g/mol. The Morgan fingerprint density at radius 1 is 1.06 bits per heavy atom. The fourth-order valence-electron chi connectivity index (χ4n) is 2.62. The molecule has 0 aliphatic heterocycles. The van der Waals surface area contributed by atoms with Gasteiger partial charge in [-0.15, -0.1) is 0 Å². The van der Waals surface area contributed by atoms with Crippen molar-refractivity contribution in [2.24, 2.45) is 0 Å². The van der Waals surface area contributed by atoms with Gasteiger partial charge in [0.25, 0.3) is 0 Å². The highest BCUT2D eigenvalue weighted by Crippen LogP contribution is 2.30. The summed E-state index contributed by atoms with van der Waals surface area (Å²) in [7, 11) is 3.37. The molecule has 3 heteroatoms. The van der Waals surface area contributed by atoms with Crippen molar-refractivity contribution in [2.45, 2.75) is 44.7 Å². The van der Waals surface area contributed by atoms with Crippen LogP contribution in [0.3, 0.4) is 0 Å². The lowest BCUT2D eigenvalue weighted by Gasteiger charge is -2.25. The summed E-state index contributed by atoms with van der Waals surface area (Å²) in [6, 6.07) is 6.03. The molecule has 0 radical (unpaired) electrons. The SMILES string of the molecule is COc1cc(CNC2(C)CCCC2)cc(OC)c1. The Hall–Kier alpha value is -1.22. The van der Waals surface area contributed by atoms with E-state index in [-0.39, 0.29) is 0 Å². The molecule has 1 aliphatic rings. The third-order valence-corrected chi connectivity index (χ3v) is 3.84. The molecule has 1 aromatic rings. The molecule has 2 rings (SSSR count). The molecule has 1 aromatic carbocycles. The van der Waals surface area contributed by atoms with Gasteiger partial charge in [0.1, 0.15) is 11.5 Å². The Morgan fingerprint density at radius 2 is 1.61 bits per heavy atom. The van der Waals surface area contributed by atoms with Crippen LogP contribution in [0.25, 0.3) is 0 Å². The van der Waals surface area contributed by atoms with Crippen molar-refractivity contribution in [1.82, 2.24) is 5.32 Å². The number of nitrogens with one attached hydrogen (secondary N) is 1. The van der Waals surface area contributed by atoms with Gasteiger partial charge in [-0.05, 0) is 37.5 Å². The minimum atomic E-state index is 0.302. The smallest absolute Gasteiger partial charge is 0.122 e. The van der Waals surface area contributed by atoms with Gasteiger partial charge in [0.15, 0.2) is 0 Å². The quantitative estimate of drug-likeness (QED) is 0.869. The lowest BCUT2D eigenvalue weighted by atomic mass is 10.0. The lowest BCUT2D eigenvalue weighted by Crippen LogP contribution is -2.38. The highest BCUT2D eigenvalue weighted by Gasteiger charge is 2.27. The number of rotatable bonds is 5. The van der Waals surface area contributed by atoms with E-state index in [9.17, 15) is 0 Å². The van der Waals surface area contributed by atoms with E-state index in [1.807, 2.05) is 6.07 Å². The predicted molar refractivity (Wildman–Crippen MR) is 73.3 cm³/mol. The average Bonchev–Trinajstić information content (AvgIpc) is 2.83. The second-order valence-corrected chi connectivity index (χ2v) is 5.34.